The van der Waals surface area contributed by atoms with Crippen molar-refractivity contribution in [3.63, 3.8) is 0 Å². The molecule has 0 unspecified atom stereocenters. The third-order valence-electron chi connectivity index (χ3n) is 2.88. The Balaban J connectivity index is 0.000000770. The van der Waals surface area contributed by atoms with Crippen LogP contribution in [0, 0.1) is 11.8 Å². The maximum atomic E-state index is 11.8. The van der Waals surface area contributed by atoms with E-state index in [0.717, 1.165) is 18.8 Å². The molecule has 0 bridgehead atoms. The van der Waals surface area contributed by atoms with Crippen LogP contribution < -0.4 is 5.32 Å². The third-order valence-corrected chi connectivity index (χ3v) is 2.88. The van der Waals surface area contributed by atoms with Crippen LogP contribution in [0.25, 0.3) is 0 Å². The summed E-state index contributed by atoms with van der Waals surface area (Å²) in [6.07, 6.45) is 5.82. The summed E-state index contributed by atoms with van der Waals surface area (Å²) in [5.41, 5.74) is -0.0832. The first-order valence-electron chi connectivity index (χ1n) is 7.12. The highest BCUT2D eigenvalue weighted by Gasteiger charge is 2.26. The normalized spacial score (nSPS) is 24.6. The highest BCUT2D eigenvalue weighted by Crippen LogP contribution is 2.28. The van der Waals surface area contributed by atoms with Crippen molar-refractivity contribution in [3.8, 4) is 0 Å². The molecule has 0 atom stereocenters. The van der Waals surface area contributed by atoms with Gasteiger partial charge in [0.25, 0.3) is 0 Å². The van der Waals surface area contributed by atoms with Crippen LogP contribution in [0.15, 0.2) is 0 Å². The van der Waals surface area contributed by atoms with E-state index in [-0.39, 0.29) is 17.4 Å². The van der Waals surface area contributed by atoms with E-state index in [1.54, 1.807) is 0 Å². The maximum Gasteiger partial charge on any atom is 0.223 e. The lowest BCUT2D eigenvalue weighted by molar-refractivity contribution is -0.127. The molecule has 17 heavy (non-hydrogen) atoms. The van der Waals surface area contributed by atoms with Crippen LogP contribution in [-0.4, -0.2) is 11.4 Å². The predicted molar refractivity (Wildman–Crippen MR) is 75.0 cm³/mol. The lowest BCUT2D eigenvalue weighted by Gasteiger charge is -2.29. The second-order valence-electron chi connectivity index (χ2n) is 6.40. The first kappa shape index (κ1) is 16.5. The predicted octanol–water partition coefficient (Wildman–Crippen LogP) is 4.14. The van der Waals surface area contributed by atoms with Gasteiger partial charge in [-0.15, -0.1) is 0 Å². The van der Waals surface area contributed by atoms with E-state index in [1.807, 2.05) is 20.8 Å². The molecule has 1 saturated carbocycles. The van der Waals surface area contributed by atoms with Crippen molar-refractivity contribution in [2.45, 2.75) is 79.2 Å². The van der Waals surface area contributed by atoms with Crippen molar-refractivity contribution in [1.82, 2.24) is 5.32 Å². The Morgan fingerprint density at radius 1 is 1.12 bits per heavy atom. The van der Waals surface area contributed by atoms with Crippen LogP contribution in [0.5, 0.6) is 0 Å². The fourth-order valence-corrected chi connectivity index (χ4v) is 1.99. The van der Waals surface area contributed by atoms with Crippen LogP contribution in [0.4, 0.5) is 0 Å². The molecule has 0 saturated heterocycles. The molecular weight excluding hydrogens is 210 g/mol. The van der Waals surface area contributed by atoms with Crippen LogP contribution in [-0.2, 0) is 4.79 Å². The van der Waals surface area contributed by atoms with Crippen LogP contribution in [0.2, 0.25) is 0 Å². The Hall–Kier alpha value is -0.530. The zero-order valence-electron chi connectivity index (χ0n) is 12.6. The summed E-state index contributed by atoms with van der Waals surface area (Å²) < 4.78 is 0. The van der Waals surface area contributed by atoms with E-state index < -0.39 is 0 Å². The van der Waals surface area contributed by atoms with E-state index >= 15 is 0 Å². The third kappa shape index (κ3) is 8.23. The first-order chi connectivity index (χ1) is 7.80. The van der Waals surface area contributed by atoms with Gasteiger partial charge in [-0.2, -0.15) is 0 Å². The van der Waals surface area contributed by atoms with Crippen molar-refractivity contribution >= 4 is 5.91 Å². The van der Waals surface area contributed by atoms with E-state index in [0.29, 0.717) is 0 Å². The van der Waals surface area contributed by atoms with Gasteiger partial charge in [0.15, 0.2) is 0 Å². The molecule has 0 spiro atoms. The Morgan fingerprint density at radius 3 is 1.88 bits per heavy atom. The lowest BCUT2D eigenvalue weighted by Crippen LogP contribution is -2.44. The molecule has 1 aliphatic carbocycles. The quantitative estimate of drug-likeness (QED) is 0.734. The Kier molecular flexibility index (Phi) is 7.49. The number of carbonyl (C=O) groups excluding carboxylic acids is 1. The Labute approximate surface area is 108 Å². The number of amides is 1. The van der Waals surface area contributed by atoms with Gasteiger partial charge in [-0.25, -0.2) is 0 Å². The van der Waals surface area contributed by atoms with Gasteiger partial charge in [0.2, 0.25) is 5.91 Å². The van der Waals surface area contributed by atoms with Gasteiger partial charge in [-0.1, -0.05) is 27.2 Å². The fraction of sp³-hybridized carbons (Fsp3) is 0.933. The van der Waals surface area contributed by atoms with Gasteiger partial charge < -0.3 is 5.32 Å². The van der Waals surface area contributed by atoms with Gasteiger partial charge in [0.1, 0.15) is 0 Å². The summed E-state index contributed by atoms with van der Waals surface area (Å²) in [6, 6.07) is 0. The zero-order valence-corrected chi connectivity index (χ0v) is 12.6. The molecule has 0 aromatic carbocycles. The smallest absolute Gasteiger partial charge is 0.223 e. The molecule has 102 valence electrons. The first-order valence-corrected chi connectivity index (χ1v) is 7.12. The van der Waals surface area contributed by atoms with Crippen LogP contribution >= 0.6 is 0 Å². The minimum atomic E-state index is -0.0832. The van der Waals surface area contributed by atoms with E-state index in [4.69, 9.17) is 0 Å². The average molecular weight is 241 g/mol. The summed E-state index contributed by atoms with van der Waals surface area (Å²) in [4.78, 5) is 11.8. The standard InChI is InChI=1S/C12H23NO.C3H8/c1-9-5-7-10(8-6-9)11(14)13-12(2,3)4;1-3-2/h9-10H,5-8H2,1-4H3,(H,13,14);3H2,1-2H3. The fourth-order valence-electron chi connectivity index (χ4n) is 1.99. The molecule has 1 fully saturated rings. The summed E-state index contributed by atoms with van der Waals surface area (Å²) in [6.45, 7) is 12.6. The molecular formula is C15H31NO. The van der Waals surface area contributed by atoms with Crippen molar-refractivity contribution in [2.24, 2.45) is 11.8 Å². The van der Waals surface area contributed by atoms with Gasteiger partial charge in [-0.05, 0) is 52.4 Å². The zero-order chi connectivity index (χ0) is 13.5. The van der Waals surface area contributed by atoms with E-state index in [2.05, 4.69) is 26.1 Å². The van der Waals surface area contributed by atoms with E-state index in [1.165, 1.54) is 19.3 Å². The molecule has 0 heterocycles. The summed E-state index contributed by atoms with van der Waals surface area (Å²) in [5.74, 6) is 1.34. The van der Waals surface area contributed by atoms with Crippen molar-refractivity contribution in [1.29, 1.82) is 0 Å². The average Bonchev–Trinajstić information content (AvgIpc) is 2.17. The number of hydrogen-bond donors (Lipinski definition) is 1. The number of nitrogens with one attached hydrogen (secondary N) is 1. The largest absolute Gasteiger partial charge is 0.351 e. The summed E-state index contributed by atoms with van der Waals surface area (Å²) in [7, 11) is 0. The molecule has 0 aliphatic heterocycles. The van der Waals surface area contributed by atoms with Crippen molar-refractivity contribution in [2.75, 3.05) is 0 Å². The Bertz CT molecular complexity index is 209. The number of hydrogen-bond acceptors (Lipinski definition) is 1. The molecule has 1 amide bonds. The van der Waals surface area contributed by atoms with Gasteiger partial charge >= 0.3 is 0 Å². The van der Waals surface area contributed by atoms with Gasteiger partial charge in [0.05, 0.1) is 0 Å². The molecule has 2 nitrogen and oxygen atoms in total. The SMILES string of the molecule is CC1CCC(C(=O)NC(C)(C)C)CC1.CCC. The molecule has 1 N–H and O–H groups in total. The molecule has 1 aliphatic rings. The summed E-state index contributed by atoms with van der Waals surface area (Å²) >= 11 is 0. The molecule has 1 rings (SSSR count). The highest BCUT2D eigenvalue weighted by molar-refractivity contribution is 5.79. The minimum Gasteiger partial charge on any atom is -0.351 e. The maximum absolute atomic E-state index is 11.8. The van der Waals surface area contributed by atoms with Crippen LogP contribution in [0.1, 0.15) is 73.6 Å². The number of rotatable bonds is 1. The van der Waals surface area contributed by atoms with Gasteiger partial charge in [0, 0.05) is 11.5 Å². The lowest BCUT2D eigenvalue weighted by atomic mass is 9.82. The second-order valence-corrected chi connectivity index (χ2v) is 6.40. The second kappa shape index (κ2) is 7.73. The molecule has 2 heteroatoms. The molecule has 0 radical (unpaired) electrons. The highest BCUT2D eigenvalue weighted by atomic mass is 16.2. The van der Waals surface area contributed by atoms with Gasteiger partial charge in [-0.3, -0.25) is 4.79 Å². The Morgan fingerprint density at radius 2 is 1.53 bits per heavy atom. The monoisotopic (exact) mass is 241 g/mol. The van der Waals surface area contributed by atoms with Crippen molar-refractivity contribution in [3.05, 3.63) is 0 Å². The van der Waals surface area contributed by atoms with Crippen LogP contribution in [0.3, 0.4) is 0 Å². The number of carbonyl (C=O) groups is 1. The van der Waals surface area contributed by atoms with Crippen molar-refractivity contribution < 1.29 is 4.79 Å². The summed E-state index contributed by atoms with van der Waals surface area (Å²) in [5, 5.41) is 3.06. The topological polar surface area (TPSA) is 29.1 Å². The molecule has 0 aromatic heterocycles. The van der Waals surface area contributed by atoms with E-state index in [9.17, 15) is 4.79 Å². The minimum absolute atomic E-state index is 0.0832. The molecule has 0 aromatic rings.